The number of hydrogen-bond acceptors (Lipinski definition) is 2. The Bertz CT molecular complexity index is 566. The lowest BCUT2D eigenvalue weighted by Gasteiger charge is -2.02. The molecule has 2 aliphatic rings. The fourth-order valence-electron chi connectivity index (χ4n) is 2.67. The molecule has 0 amide bonds. The lowest BCUT2D eigenvalue weighted by atomic mass is 10.1. The number of fused-ring (bicyclic) bond motifs is 1. The van der Waals surface area contributed by atoms with E-state index in [2.05, 4.69) is 23.6 Å². The largest absolute Gasteiger partial charge is 0.241 e. The van der Waals surface area contributed by atoms with Gasteiger partial charge in [-0.15, -0.1) is 11.3 Å². The summed E-state index contributed by atoms with van der Waals surface area (Å²) in [6.45, 7) is 0. The van der Waals surface area contributed by atoms with Gasteiger partial charge >= 0.3 is 0 Å². The lowest BCUT2D eigenvalue weighted by Crippen LogP contribution is -1.85. The summed E-state index contributed by atoms with van der Waals surface area (Å²) in [5.41, 5.74) is 5.59. The lowest BCUT2D eigenvalue weighted by molar-refractivity contribution is 0.912. The van der Waals surface area contributed by atoms with Gasteiger partial charge in [0, 0.05) is 16.9 Å². The van der Waals surface area contributed by atoms with Gasteiger partial charge in [0.25, 0.3) is 0 Å². The van der Waals surface area contributed by atoms with Gasteiger partial charge in [0.15, 0.2) is 0 Å². The molecule has 0 bridgehead atoms. The van der Waals surface area contributed by atoms with Crippen LogP contribution in [-0.2, 0) is 12.8 Å². The van der Waals surface area contributed by atoms with Crippen LogP contribution in [0, 0.1) is 0 Å². The van der Waals surface area contributed by atoms with Crippen LogP contribution in [0.25, 0.3) is 11.3 Å². The second-order valence-electron chi connectivity index (χ2n) is 5.18. The van der Waals surface area contributed by atoms with Gasteiger partial charge < -0.3 is 0 Å². The third kappa shape index (κ3) is 1.71. The van der Waals surface area contributed by atoms with E-state index in [1.54, 1.807) is 11.1 Å². The van der Waals surface area contributed by atoms with Crippen molar-refractivity contribution in [1.82, 2.24) is 4.98 Å². The van der Waals surface area contributed by atoms with Gasteiger partial charge in [-0.25, -0.2) is 4.98 Å². The van der Waals surface area contributed by atoms with Gasteiger partial charge in [0.2, 0.25) is 0 Å². The molecule has 86 valence electrons. The molecule has 0 radical (unpaired) electrons. The van der Waals surface area contributed by atoms with Crippen LogP contribution in [0.5, 0.6) is 0 Å². The summed E-state index contributed by atoms with van der Waals surface area (Å²) >= 11 is 1.84. The zero-order chi connectivity index (χ0) is 11.2. The van der Waals surface area contributed by atoms with E-state index in [-0.39, 0.29) is 0 Å². The van der Waals surface area contributed by atoms with Crippen molar-refractivity contribution in [2.24, 2.45) is 0 Å². The van der Waals surface area contributed by atoms with Crippen LogP contribution >= 0.6 is 11.3 Å². The van der Waals surface area contributed by atoms with Crippen LogP contribution in [0.2, 0.25) is 0 Å². The minimum atomic E-state index is 0.781. The highest BCUT2D eigenvalue weighted by molar-refractivity contribution is 7.10. The minimum Gasteiger partial charge on any atom is -0.241 e. The summed E-state index contributed by atoms with van der Waals surface area (Å²) in [4.78, 5) is 4.79. The molecule has 0 atom stereocenters. The maximum Gasteiger partial charge on any atom is 0.0963 e. The second kappa shape index (κ2) is 3.67. The first-order chi connectivity index (χ1) is 8.40. The van der Waals surface area contributed by atoms with E-state index in [9.17, 15) is 0 Å². The molecule has 1 heterocycles. The number of hydrogen-bond donors (Lipinski definition) is 0. The SMILES string of the molecule is c1cc2c(cc1-c1csc(C3CC3)n1)CCC2. The summed E-state index contributed by atoms with van der Waals surface area (Å²) in [7, 11) is 0. The topological polar surface area (TPSA) is 12.9 Å². The predicted octanol–water partition coefficient (Wildman–Crippen LogP) is 4.18. The van der Waals surface area contributed by atoms with Crippen LogP contribution in [0.3, 0.4) is 0 Å². The van der Waals surface area contributed by atoms with Crippen molar-refractivity contribution in [3.63, 3.8) is 0 Å². The number of rotatable bonds is 2. The van der Waals surface area contributed by atoms with E-state index < -0.39 is 0 Å². The number of aromatic nitrogens is 1. The zero-order valence-electron chi connectivity index (χ0n) is 9.78. The Kier molecular flexibility index (Phi) is 2.13. The molecule has 4 rings (SSSR count). The number of benzene rings is 1. The first kappa shape index (κ1) is 9.84. The summed E-state index contributed by atoms with van der Waals surface area (Å²) in [6.07, 6.45) is 6.53. The number of aryl methyl sites for hydroxylation is 2. The van der Waals surface area contributed by atoms with E-state index in [1.807, 2.05) is 11.3 Å². The molecule has 2 heteroatoms. The Hall–Kier alpha value is -1.15. The van der Waals surface area contributed by atoms with Gasteiger partial charge in [-0.2, -0.15) is 0 Å². The Labute approximate surface area is 106 Å². The van der Waals surface area contributed by atoms with E-state index in [0.29, 0.717) is 0 Å². The zero-order valence-corrected chi connectivity index (χ0v) is 10.6. The number of thiazole rings is 1. The Morgan fingerprint density at radius 3 is 2.88 bits per heavy atom. The molecule has 1 saturated carbocycles. The summed E-state index contributed by atoms with van der Waals surface area (Å²) in [6, 6.07) is 6.90. The Morgan fingerprint density at radius 1 is 1.12 bits per heavy atom. The molecule has 1 aromatic carbocycles. The third-order valence-corrected chi connectivity index (χ3v) is 4.85. The van der Waals surface area contributed by atoms with E-state index in [1.165, 1.54) is 48.4 Å². The highest BCUT2D eigenvalue weighted by Gasteiger charge is 2.26. The van der Waals surface area contributed by atoms with E-state index >= 15 is 0 Å². The average Bonchev–Trinajstić information content (AvgIpc) is 2.93. The smallest absolute Gasteiger partial charge is 0.0963 e. The summed E-state index contributed by atoms with van der Waals surface area (Å²) in [5, 5.41) is 3.57. The highest BCUT2D eigenvalue weighted by atomic mass is 32.1. The first-order valence-electron chi connectivity index (χ1n) is 6.48. The van der Waals surface area contributed by atoms with Crippen molar-refractivity contribution in [3.05, 3.63) is 39.7 Å². The van der Waals surface area contributed by atoms with Crippen LogP contribution < -0.4 is 0 Å². The fraction of sp³-hybridized carbons (Fsp3) is 0.400. The molecule has 2 aromatic rings. The molecule has 1 aromatic heterocycles. The molecule has 0 spiro atoms. The minimum absolute atomic E-state index is 0.781. The first-order valence-corrected chi connectivity index (χ1v) is 7.36. The van der Waals surface area contributed by atoms with Crippen molar-refractivity contribution >= 4 is 11.3 Å². The molecule has 0 N–H and O–H groups in total. The molecule has 0 unspecified atom stereocenters. The van der Waals surface area contributed by atoms with E-state index in [0.717, 1.165) is 5.92 Å². The van der Waals surface area contributed by atoms with Crippen molar-refractivity contribution in [2.75, 3.05) is 0 Å². The highest BCUT2D eigenvalue weighted by Crippen LogP contribution is 2.42. The summed E-state index contributed by atoms with van der Waals surface area (Å²) < 4.78 is 0. The number of nitrogens with zero attached hydrogens (tertiary/aromatic N) is 1. The molecule has 17 heavy (non-hydrogen) atoms. The molecule has 0 aliphatic heterocycles. The van der Waals surface area contributed by atoms with Crippen LogP contribution in [0.15, 0.2) is 23.6 Å². The van der Waals surface area contributed by atoms with Crippen LogP contribution in [0.4, 0.5) is 0 Å². The van der Waals surface area contributed by atoms with Gasteiger partial charge in [0.1, 0.15) is 0 Å². The summed E-state index contributed by atoms with van der Waals surface area (Å²) in [5.74, 6) is 0.781. The Morgan fingerprint density at radius 2 is 2.00 bits per heavy atom. The molecular formula is C15H15NS. The monoisotopic (exact) mass is 241 g/mol. The third-order valence-electron chi connectivity index (χ3n) is 3.84. The van der Waals surface area contributed by atoms with Crippen molar-refractivity contribution in [2.45, 2.75) is 38.0 Å². The fourth-order valence-corrected chi connectivity index (χ4v) is 3.67. The normalized spacial score (nSPS) is 18.4. The Balaban J connectivity index is 1.72. The van der Waals surface area contributed by atoms with Crippen LogP contribution in [-0.4, -0.2) is 4.98 Å². The van der Waals surface area contributed by atoms with Crippen molar-refractivity contribution in [3.8, 4) is 11.3 Å². The van der Waals surface area contributed by atoms with Gasteiger partial charge in [0.05, 0.1) is 10.7 Å². The van der Waals surface area contributed by atoms with Crippen molar-refractivity contribution < 1.29 is 0 Å². The molecule has 2 aliphatic carbocycles. The quantitative estimate of drug-likeness (QED) is 0.768. The van der Waals surface area contributed by atoms with Crippen LogP contribution in [0.1, 0.15) is 41.3 Å². The average molecular weight is 241 g/mol. The molecule has 0 saturated heterocycles. The van der Waals surface area contributed by atoms with Gasteiger partial charge in [-0.05, 0) is 49.3 Å². The van der Waals surface area contributed by atoms with Gasteiger partial charge in [-0.1, -0.05) is 12.1 Å². The van der Waals surface area contributed by atoms with E-state index in [4.69, 9.17) is 4.98 Å². The maximum absolute atomic E-state index is 4.79. The van der Waals surface area contributed by atoms with Crippen molar-refractivity contribution in [1.29, 1.82) is 0 Å². The molecule has 1 nitrogen and oxygen atoms in total. The maximum atomic E-state index is 4.79. The second-order valence-corrected chi connectivity index (χ2v) is 6.07. The molecular weight excluding hydrogens is 226 g/mol. The standard InChI is InChI=1S/C15H15NS/c1-2-10-4-7-13(8-12(10)3-1)14-9-17-15(16-14)11-5-6-11/h4,7-9,11H,1-3,5-6H2. The van der Waals surface area contributed by atoms with Gasteiger partial charge in [-0.3, -0.25) is 0 Å². The predicted molar refractivity (Wildman–Crippen MR) is 71.6 cm³/mol. The molecule has 1 fully saturated rings.